The third-order valence-electron chi connectivity index (χ3n) is 7.67. The average Bonchev–Trinajstić information content (AvgIpc) is 3.06. The van der Waals surface area contributed by atoms with E-state index in [0.717, 1.165) is 42.3 Å². The molecule has 2 saturated heterocycles. The standard InChI is InChI=1S/C27H36N4O6/c1-27(2,3)37-26(35)30-12-10-17(11-13-30)36-18-14-16(15-18)19-6-5-7-20-23(19)29(4)25(34)31(20)21-8-9-22(32)28-24(21)33/h5-7,16-18,21H,8-15H2,1-4H3,(H,28,32,33)/t16-,18+,21?. The molecule has 3 heterocycles. The fraction of sp³-hybridized carbons (Fsp3) is 0.630. The molecule has 3 fully saturated rings. The van der Waals surface area contributed by atoms with Gasteiger partial charge in [-0.2, -0.15) is 0 Å². The molecule has 10 nitrogen and oxygen atoms in total. The van der Waals surface area contributed by atoms with E-state index >= 15 is 0 Å². The number of fused-ring (bicyclic) bond motifs is 1. The molecule has 200 valence electrons. The number of carbonyl (C=O) groups excluding carboxylic acids is 3. The molecule has 1 aromatic carbocycles. The van der Waals surface area contributed by atoms with Crippen LogP contribution in [0.15, 0.2) is 23.0 Å². The monoisotopic (exact) mass is 512 g/mol. The Labute approximate surface area is 215 Å². The van der Waals surface area contributed by atoms with Crippen LogP contribution in [0.3, 0.4) is 0 Å². The molecule has 1 N–H and O–H groups in total. The van der Waals surface area contributed by atoms with E-state index in [1.54, 1.807) is 16.5 Å². The van der Waals surface area contributed by atoms with Crippen LogP contribution in [0.5, 0.6) is 0 Å². The summed E-state index contributed by atoms with van der Waals surface area (Å²) >= 11 is 0. The van der Waals surface area contributed by atoms with Crippen LogP contribution in [0.4, 0.5) is 4.79 Å². The van der Waals surface area contributed by atoms with Gasteiger partial charge in [-0.05, 0) is 70.4 Å². The van der Waals surface area contributed by atoms with Gasteiger partial charge in [0.2, 0.25) is 11.8 Å². The number of carbonyl (C=O) groups is 3. The molecule has 2 aliphatic heterocycles. The van der Waals surface area contributed by atoms with Gasteiger partial charge in [-0.3, -0.25) is 24.0 Å². The van der Waals surface area contributed by atoms with Gasteiger partial charge in [0.15, 0.2) is 0 Å². The minimum atomic E-state index is -0.687. The second-order valence-electron chi connectivity index (χ2n) is 11.5. The maximum atomic E-state index is 13.2. The number of aryl methyl sites for hydroxylation is 1. The summed E-state index contributed by atoms with van der Waals surface area (Å²) in [6, 6.07) is 5.17. The van der Waals surface area contributed by atoms with Crippen molar-refractivity contribution >= 4 is 28.9 Å². The highest BCUT2D eigenvalue weighted by Crippen LogP contribution is 2.42. The Hall–Kier alpha value is -3.14. The second kappa shape index (κ2) is 9.63. The summed E-state index contributed by atoms with van der Waals surface area (Å²) in [6.45, 7) is 6.87. The molecule has 37 heavy (non-hydrogen) atoms. The summed E-state index contributed by atoms with van der Waals surface area (Å²) < 4.78 is 15.0. The number of imide groups is 1. The number of benzene rings is 1. The number of nitrogens with zero attached hydrogens (tertiary/aromatic N) is 3. The van der Waals surface area contributed by atoms with E-state index in [9.17, 15) is 19.2 Å². The molecule has 0 radical (unpaired) electrons. The molecular weight excluding hydrogens is 476 g/mol. The first-order chi connectivity index (χ1) is 17.5. The fourth-order valence-electron chi connectivity index (χ4n) is 5.73. The molecule has 2 aromatic rings. The van der Waals surface area contributed by atoms with Gasteiger partial charge in [-0.1, -0.05) is 12.1 Å². The molecule has 3 amide bonds. The van der Waals surface area contributed by atoms with Crippen molar-refractivity contribution in [3.63, 3.8) is 0 Å². The smallest absolute Gasteiger partial charge is 0.410 e. The van der Waals surface area contributed by atoms with Crippen molar-refractivity contribution in [2.75, 3.05) is 13.1 Å². The quantitative estimate of drug-likeness (QED) is 0.631. The molecule has 1 saturated carbocycles. The predicted octanol–water partition coefficient (Wildman–Crippen LogP) is 2.98. The summed E-state index contributed by atoms with van der Waals surface area (Å²) in [6.07, 6.45) is 3.85. The Kier molecular flexibility index (Phi) is 6.64. The number of piperidine rings is 2. The summed E-state index contributed by atoms with van der Waals surface area (Å²) in [4.78, 5) is 51.3. The molecule has 1 aliphatic carbocycles. The van der Waals surface area contributed by atoms with Crippen LogP contribution in [-0.2, 0) is 26.1 Å². The second-order valence-corrected chi connectivity index (χ2v) is 11.5. The maximum absolute atomic E-state index is 13.2. The first-order valence-electron chi connectivity index (χ1n) is 13.2. The van der Waals surface area contributed by atoms with Crippen molar-refractivity contribution in [1.29, 1.82) is 0 Å². The van der Waals surface area contributed by atoms with Gasteiger partial charge in [0.25, 0.3) is 0 Å². The van der Waals surface area contributed by atoms with Crippen LogP contribution in [0.2, 0.25) is 0 Å². The number of ether oxygens (including phenoxy) is 2. The number of nitrogens with one attached hydrogen (secondary N) is 1. The first-order valence-corrected chi connectivity index (χ1v) is 13.2. The SMILES string of the molecule is Cn1c(=O)n(C2CCC(=O)NC2=O)c2cccc([C@H]3C[C@@H](OC4CCN(C(=O)OC(C)(C)C)CC4)C3)c21. The highest BCUT2D eigenvalue weighted by atomic mass is 16.6. The number of aromatic nitrogens is 2. The van der Waals surface area contributed by atoms with E-state index in [1.807, 2.05) is 32.9 Å². The van der Waals surface area contributed by atoms with Crippen molar-refractivity contribution in [2.24, 2.45) is 7.05 Å². The van der Waals surface area contributed by atoms with Crippen molar-refractivity contribution in [2.45, 2.75) is 89.1 Å². The zero-order valence-electron chi connectivity index (χ0n) is 22.0. The van der Waals surface area contributed by atoms with Crippen LogP contribution in [0.25, 0.3) is 11.0 Å². The van der Waals surface area contributed by atoms with Crippen molar-refractivity contribution in [3.05, 3.63) is 34.2 Å². The van der Waals surface area contributed by atoms with E-state index in [4.69, 9.17) is 9.47 Å². The minimum absolute atomic E-state index is 0.124. The van der Waals surface area contributed by atoms with Crippen LogP contribution in [0.1, 0.15) is 76.8 Å². The van der Waals surface area contributed by atoms with Crippen LogP contribution in [-0.4, -0.2) is 62.8 Å². The van der Waals surface area contributed by atoms with Gasteiger partial charge in [-0.25, -0.2) is 9.59 Å². The van der Waals surface area contributed by atoms with Gasteiger partial charge in [-0.15, -0.1) is 0 Å². The Bertz CT molecular complexity index is 1270. The number of amides is 3. The normalized spacial score (nSPS) is 25.2. The number of imidazole rings is 1. The predicted molar refractivity (Wildman–Crippen MR) is 136 cm³/mol. The van der Waals surface area contributed by atoms with E-state index < -0.39 is 17.6 Å². The largest absolute Gasteiger partial charge is 0.444 e. The Morgan fingerprint density at radius 3 is 2.38 bits per heavy atom. The summed E-state index contributed by atoms with van der Waals surface area (Å²) in [5.74, 6) is -0.462. The van der Waals surface area contributed by atoms with Crippen molar-refractivity contribution < 1.29 is 23.9 Å². The third-order valence-corrected chi connectivity index (χ3v) is 7.67. The Morgan fingerprint density at radius 1 is 1.03 bits per heavy atom. The molecule has 1 atom stereocenters. The molecule has 5 rings (SSSR count). The maximum Gasteiger partial charge on any atom is 0.410 e. The number of para-hydroxylation sites is 1. The zero-order valence-corrected chi connectivity index (χ0v) is 22.0. The number of hydrogen-bond donors (Lipinski definition) is 1. The Balaban J connectivity index is 1.22. The zero-order chi connectivity index (χ0) is 26.5. The van der Waals surface area contributed by atoms with E-state index in [1.165, 1.54) is 4.57 Å². The Morgan fingerprint density at radius 2 is 1.73 bits per heavy atom. The summed E-state index contributed by atoms with van der Waals surface area (Å²) in [5.41, 5.74) is 1.90. The highest BCUT2D eigenvalue weighted by Gasteiger charge is 2.37. The van der Waals surface area contributed by atoms with Crippen LogP contribution >= 0.6 is 0 Å². The average molecular weight is 513 g/mol. The lowest BCUT2D eigenvalue weighted by Gasteiger charge is -2.40. The van der Waals surface area contributed by atoms with E-state index in [-0.39, 0.29) is 42.2 Å². The van der Waals surface area contributed by atoms with Gasteiger partial charge >= 0.3 is 11.8 Å². The van der Waals surface area contributed by atoms with Crippen LogP contribution < -0.4 is 11.0 Å². The topological polar surface area (TPSA) is 112 Å². The van der Waals surface area contributed by atoms with Gasteiger partial charge in [0.1, 0.15) is 11.6 Å². The fourth-order valence-corrected chi connectivity index (χ4v) is 5.73. The number of rotatable bonds is 4. The van der Waals surface area contributed by atoms with Gasteiger partial charge < -0.3 is 14.4 Å². The summed E-state index contributed by atoms with van der Waals surface area (Å²) in [5, 5.41) is 2.36. The number of hydrogen-bond acceptors (Lipinski definition) is 6. The van der Waals surface area contributed by atoms with Crippen LogP contribution in [0, 0.1) is 0 Å². The molecule has 1 unspecified atom stereocenters. The molecular formula is C27H36N4O6. The lowest BCUT2D eigenvalue weighted by atomic mass is 9.77. The van der Waals surface area contributed by atoms with Gasteiger partial charge in [0, 0.05) is 26.6 Å². The van der Waals surface area contributed by atoms with Gasteiger partial charge in [0.05, 0.1) is 23.2 Å². The molecule has 0 spiro atoms. The molecule has 10 heteroatoms. The molecule has 1 aromatic heterocycles. The minimum Gasteiger partial charge on any atom is -0.444 e. The first kappa shape index (κ1) is 25.5. The highest BCUT2D eigenvalue weighted by molar-refractivity contribution is 6.00. The third kappa shape index (κ3) is 5.03. The van der Waals surface area contributed by atoms with E-state index in [2.05, 4.69) is 11.4 Å². The summed E-state index contributed by atoms with van der Waals surface area (Å²) in [7, 11) is 1.74. The van der Waals surface area contributed by atoms with E-state index in [0.29, 0.717) is 19.5 Å². The van der Waals surface area contributed by atoms with Crippen molar-refractivity contribution in [3.8, 4) is 0 Å². The lowest BCUT2D eigenvalue weighted by molar-refractivity contribution is -0.135. The molecule has 3 aliphatic rings. The molecule has 0 bridgehead atoms. The lowest BCUT2D eigenvalue weighted by Crippen LogP contribution is -2.45. The number of likely N-dealkylation sites (tertiary alicyclic amines) is 1. The van der Waals surface area contributed by atoms with Crippen molar-refractivity contribution in [1.82, 2.24) is 19.4 Å².